The summed E-state index contributed by atoms with van der Waals surface area (Å²) in [4.78, 5) is 16.9. The summed E-state index contributed by atoms with van der Waals surface area (Å²) in [6.45, 7) is 10.1. The second-order valence-electron chi connectivity index (χ2n) is 5.94. The minimum atomic E-state index is -0.0360. The van der Waals surface area contributed by atoms with E-state index in [4.69, 9.17) is 4.74 Å². The summed E-state index contributed by atoms with van der Waals surface area (Å²) < 4.78 is 5.52. The second kappa shape index (κ2) is 8.60. The molecular weight excluding hydrogens is 254 g/mol. The number of carbonyl (C=O) groups excluding carboxylic acids is 1. The van der Waals surface area contributed by atoms with Crippen molar-refractivity contribution in [3.8, 4) is 0 Å². The molecule has 1 amide bonds. The normalized spacial score (nSPS) is 24.1. The third-order valence-electron chi connectivity index (χ3n) is 3.84. The lowest BCUT2D eigenvalue weighted by molar-refractivity contribution is -0.138. The summed E-state index contributed by atoms with van der Waals surface area (Å²) in [7, 11) is 4.08. The molecule has 0 aliphatic carbocycles. The Bertz CT molecular complexity index is 297. The molecule has 118 valence electrons. The van der Waals surface area contributed by atoms with E-state index in [1.165, 1.54) is 0 Å². The largest absolute Gasteiger partial charge is 0.379 e. The maximum Gasteiger partial charge on any atom is 0.229 e. The summed E-state index contributed by atoms with van der Waals surface area (Å²) in [5.41, 5.74) is 0. The van der Waals surface area contributed by atoms with Crippen LogP contribution in [0.5, 0.6) is 0 Å². The van der Waals surface area contributed by atoms with Crippen LogP contribution < -0.4 is 5.32 Å². The van der Waals surface area contributed by atoms with E-state index in [2.05, 4.69) is 24.1 Å². The van der Waals surface area contributed by atoms with Gasteiger partial charge in [-0.3, -0.25) is 4.79 Å². The molecule has 1 heterocycles. The number of likely N-dealkylation sites (N-methyl/N-ethyl adjacent to an activating group) is 2. The molecule has 1 aliphatic rings. The fraction of sp³-hybridized carbons (Fsp3) is 0.933. The van der Waals surface area contributed by atoms with Crippen molar-refractivity contribution >= 4 is 5.91 Å². The van der Waals surface area contributed by atoms with Gasteiger partial charge in [0.15, 0.2) is 0 Å². The Labute approximate surface area is 123 Å². The van der Waals surface area contributed by atoms with Gasteiger partial charge in [0.05, 0.1) is 19.1 Å². The van der Waals surface area contributed by atoms with Crippen molar-refractivity contribution < 1.29 is 9.53 Å². The summed E-state index contributed by atoms with van der Waals surface area (Å²) in [5.74, 6) is 0.194. The Morgan fingerprint density at radius 2 is 2.05 bits per heavy atom. The number of amides is 1. The molecule has 0 spiro atoms. The van der Waals surface area contributed by atoms with E-state index in [1.807, 2.05) is 25.9 Å². The van der Waals surface area contributed by atoms with Crippen molar-refractivity contribution in [2.24, 2.45) is 5.92 Å². The molecule has 0 aromatic rings. The highest BCUT2D eigenvalue weighted by Gasteiger charge is 2.37. The highest BCUT2D eigenvalue weighted by atomic mass is 16.5. The minimum absolute atomic E-state index is 0.0360. The van der Waals surface area contributed by atoms with Gasteiger partial charge in [-0.15, -0.1) is 0 Å². The van der Waals surface area contributed by atoms with Gasteiger partial charge in [0.25, 0.3) is 0 Å². The zero-order chi connectivity index (χ0) is 15.1. The summed E-state index contributed by atoms with van der Waals surface area (Å²) in [6.07, 6.45) is 1.08. The van der Waals surface area contributed by atoms with Crippen molar-refractivity contribution in [2.75, 3.05) is 46.9 Å². The Morgan fingerprint density at radius 1 is 1.35 bits per heavy atom. The molecule has 1 aliphatic heterocycles. The van der Waals surface area contributed by atoms with Gasteiger partial charge in [0, 0.05) is 25.2 Å². The van der Waals surface area contributed by atoms with Crippen LogP contribution >= 0.6 is 0 Å². The van der Waals surface area contributed by atoms with Gasteiger partial charge in [0.1, 0.15) is 0 Å². The van der Waals surface area contributed by atoms with Gasteiger partial charge in [-0.25, -0.2) is 0 Å². The van der Waals surface area contributed by atoms with Crippen LogP contribution in [0.3, 0.4) is 0 Å². The van der Waals surface area contributed by atoms with Crippen LogP contribution in [0.15, 0.2) is 0 Å². The molecule has 3 unspecified atom stereocenters. The van der Waals surface area contributed by atoms with Gasteiger partial charge >= 0.3 is 0 Å². The Balaban J connectivity index is 2.64. The van der Waals surface area contributed by atoms with Crippen molar-refractivity contribution in [1.29, 1.82) is 0 Å². The first-order valence-electron chi connectivity index (χ1n) is 7.77. The molecule has 0 saturated carbocycles. The quantitative estimate of drug-likeness (QED) is 0.716. The average molecular weight is 285 g/mol. The monoisotopic (exact) mass is 285 g/mol. The van der Waals surface area contributed by atoms with Crippen molar-refractivity contribution in [3.05, 3.63) is 0 Å². The lowest BCUT2D eigenvalue weighted by Gasteiger charge is -2.33. The van der Waals surface area contributed by atoms with Crippen molar-refractivity contribution in [1.82, 2.24) is 15.1 Å². The van der Waals surface area contributed by atoms with Crippen molar-refractivity contribution in [2.45, 2.75) is 39.3 Å². The van der Waals surface area contributed by atoms with E-state index in [9.17, 15) is 4.79 Å². The first-order chi connectivity index (χ1) is 9.51. The van der Waals surface area contributed by atoms with E-state index in [0.717, 1.165) is 26.1 Å². The summed E-state index contributed by atoms with van der Waals surface area (Å²) in [6, 6.07) is 0.401. The first-order valence-corrected chi connectivity index (χ1v) is 7.77. The van der Waals surface area contributed by atoms with Crippen LogP contribution in [0.1, 0.15) is 27.2 Å². The maximum absolute atomic E-state index is 12.8. The Kier molecular flexibility index (Phi) is 7.48. The molecule has 5 heteroatoms. The molecule has 5 nitrogen and oxygen atoms in total. The predicted molar refractivity (Wildman–Crippen MR) is 81.8 cm³/mol. The number of nitrogens with zero attached hydrogens (tertiary/aromatic N) is 2. The van der Waals surface area contributed by atoms with E-state index in [-0.39, 0.29) is 23.9 Å². The predicted octanol–water partition coefficient (Wildman–Crippen LogP) is 0.800. The van der Waals surface area contributed by atoms with Crippen LogP contribution in [0.2, 0.25) is 0 Å². The number of rotatable bonds is 8. The van der Waals surface area contributed by atoms with Gasteiger partial charge < -0.3 is 19.9 Å². The SMILES string of the molecule is CCCNC1COCC1C(=O)N(CC)C(C)CN(C)C. The van der Waals surface area contributed by atoms with Crippen LogP contribution in [0.25, 0.3) is 0 Å². The molecule has 0 radical (unpaired) electrons. The van der Waals surface area contributed by atoms with E-state index >= 15 is 0 Å². The summed E-state index contributed by atoms with van der Waals surface area (Å²) >= 11 is 0. The molecule has 20 heavy (non-hydrogen) atoms. The lowest BCUT2D eigenvalue weighted by Crippen LogP contribution is -2.50. The number of carbonyl (C=O) groups is 1. The molecule has 1 N–H and O–H groups in total. The zero-order valence-electron chi connectivity index (χ0n) is 13.7. The molecule has 1 saturated heterocycles. The number of hydrogen-bond acceptors (Lipinski definition) is 4. The topological polar surface area (TPSA) is 44.8 Å². The fourth-order valence-corrected chi connectivity index (χ4v) is 2.85. The van der Waals surface area contributed by atoms with Crippen LogP contribution in [0, 0.1) is 5.92 Å². The maximum atomic E-state index is 12.8. The fourth-order valence-electron chi connectivity index (χ4n) is 2.85. The first kappa shape index (κ1) is 17.4. The number of ether oxygens (including phenoxy) is 1. The average Bonchev–Trinajstić information content (AvgIpc) is 2.84. The van der Waals surface area contributed by atoms with E-state index in [0.29, 0.717) is 13.2 Å². The van der Waals surface area contributed by atoms with Crippen LogP contribution in [-0.4, -0.2) is 74.7 Å². The van der Waals surface area contributed by atoms with Gasteiger partial charge in [0.2, 0.25) is 5.91 Å². The Morgan fingerprint density at radius 3 is 2.60 bits per heavy atom. The number of nitrogens with one attached hydrogen (secondary N) is 1. The molecule has 0 bridgehead atoms. The number of hydrogen-bond donors (Lipinski definition) is 1. The molecular formula is C15H31N3O2. The molecule has 1 rings (SSSR count). The third kappa shape index (κ3) is 4.72. The summed E-state index contributed by atoms with van der Waals surface area (Å²) in [5, 5.41) is 3.44. The van der Waals surface area contributed by atoms with Gasteiger partial charge in [-0.05, 0) is 40.9 Å². The second-order valence-corrected chi connectivity index (χ2v) is 5.94. The molecule has 0 aromatic carbocycles. The smallest absolute Gasteiger partial charge is 0.229 e. The van der Waals surface area contributed by atoms with Crippen molar-refractivity contribution in [3.63, 3.8) is 0 Å². The van der Waals surface area contributed by atoms with Gasteiger partial charge in [-0.1, -0.05) is 6.92 Å². The van der Waals surface area contributed by atoms with Crippen LogP contribution in [0.4, 0.5) is 0 Å². The lowest BCUT2D eigenvalue weighted by atomic mass is 10.0. The highest BCUT2D eigenvalue weighted by Crippen LogP contribution is 2.18. The van der Waals surface area contributed by atoms with E-state index in [1.54, 1.807) is 0 Å². The molecule has 0 aromatic heterocycles. The molecule has 3 atom stereocenters. The van der Waals surface area contributed by atoms with E-state index < -0.39 is 0 Å². The van der Waals surface area contributed by atoms with Gasteiger partial charge in [-0.2, -0.15) is 0 Å². The third-order valence-corrected chi connectivity index (χ3v) is 3.84. The zero-order valence-corrected chi connectivity index (χ0v) is 13.7. The molecule has 1 fully saturated rings. The van der Waals surface area contributed by atoms with Crippen LogP contribution in [-0.2, 0) is 9.53 Å². The standard InChI is InChI=1S/C15H31N3O2/c1-6-8-16-14-11-20-10-13(14)15(19)18(7-2)12(3)9-17(4)5/h12-14,16H,6-11H2,1-5H3. The Hall–Kier alpha value is -0.650. The highest BCUT2D eigenvalue weighted by molar-refractivity contribution is 5.80. The minimum Gasteiger partial charge on any atom is -0.379 e.